The van der Waals surface area contributed by atoms with Gasteiger partial charge in [-0.2, -0.15) is 4.98 Å². The van der Waals surface area contributed by atoms with E-state index in [9.17, 15) is 9.59 Å². The number of aromatic nitrogens is 2. The van der Waals surface area contributed by atoms with Gasteiger partial charge < -0.3 is 9.47 Å². The monoisotopic (exact) mass is 323 g/mol. The van der Waals surface area contributed by atoms with Gasteiger partial charge in [0.15, 0.2) is 5.16 Å². The lowest BCUT2D eigenvalue weighted by atomic mass is 9.98. The molecule has 0 spiro atoms. The predicted octanol–water partition coefficient (Wildman–Crippen LogP) is 2.71. The normalized spacial score (nSPS) is 22.1. The third-order valence-corrected chi connectivity index (χ3v) is 5.12. The lowest BCUT2D eigenvalue weighted by Crippen LogP contribution is -2.48. The molecule has 0 aromatic carbocycles. The number of carbonyl (C=O) groups is 1. The smallest absolute Gasteiger partial charge is 0.273 e. The van der Waals surface area contributed by atoms with Crippen LogP contribution < -0.4 is 5.56 Å². The van der Waals surface area contributed by atoms with Crippen molar-refractivity contribution in [1.29, 1.82) is 0 Å². The van der Waals surface area contributed by atoms with Gasteiger partial charge in [-0.05, 0) is 47.0 Å². The Bertz CT molecular complexity index is 575. The highest BCUT2D eigenvalue weighted by Gasteiger charge is 2.28. The molecule has 0 radical (unpaired) electrons. The first-order chi connectivity index (χ1) is 10.4. The minimum atomic E-state index is -0.258. The van der Waals surface area contributed by atoms with Crippen LogP contribution in [0.25, 0.3) is 0 Å². The first-order valence-electron chi connectivity index (χ1n) is 7.93. The maximum absolute atomic E-state index is 12.5. The molecule has 1 amide bonds. The van der Waals surface area contributed by atoms with E-state index < -0.39 is 0 Å². The van der Waals surface area contributed by atoms with E-state index >= 15 is 0 Å². The maximum atomic E-state index is 12.5. The number of amides is 1. The van der Waals surface area contributed by atoms with Crippen LogP contribution in [0.4, 0.5) is 0 Å². The summed E-state index contributed by atoms with van der Waals surface area (Å²) in [5.74, 6) is 0.468. The number of nitrogens with zero attached hydrogens (tertiary/aromatic N) is 3. The fourth-order valence-corrected chi connectivity index (χ4v) is 3.99. The zero-order valence-corrected chi connectivity index (χ0v) is 14.6. The van der Waals surface area contributed by atoms with E-state index in [0.29, 0.717) is 23.0 Å². The van der Waals surface area contributed by atoms with Crippen LogP contribution in [0.2, 0.25) is 0 Å². The first-order valence-corrected chi connectivity index (χ1v) is 8.92. The Morgan fingerprint density at radius 2 is 2.00 bits per heavy atom. The van der Waals surface area contributed by atoms with Gasteiger partial charge in [0.2, 0.25) is 5.91 Å². The minimum absolute atomic E-state index is 0.137. The van der Waals surface area contributed by atoms with Crippen molar-refractivity contribution in [1.82, 2.24) is 14.5 Å². The average Bonchev–Trinajstić information content (AvgIpc) is 2.44. The highest BCUT2D eigenvalue weighted by molar-refractivity contribution is 7.99. The second-order valence-corrected chi connectivity index (χ2v) is 7.21. The van der Waals surface area contributed by atoms with E-state index in [-0.39, 0.29) is 17.5 Å². The Kier molecular flexibility index (Phi) is 5.67. The van der Waals surface area contributed by atoms with Gasteiger partial charge in [0.1, 0.15) is 0 Å². The van der Waals surface area contributed by atoms with E-state index in [1.54, 1.807) is 6.20 Å². The Morgan fingerprint density at radius 1 is 1.36 bits per heavy atom. The molecule has 1 aliphatic rings. The summed E-state index contributed by atoms with van der Waals surface area (Å²) in [6, 6.07) is 2.26. The molecule has 0 unspecified atom stereocenters. The zero-order valence-electron chi connectivity index (χ0n) is 13.8. The fraction of sp³-hybridized carbons (Fsp3) is 0.688. The van der Waals surface area contributed by atoms with E-state index in [1.165, 1.54) is 24.2 Å². The maximum Gasteiger partial charge on any atom is 0.273 e. The molecule has 2 atom stereocenters. The van der Waals surface area contributed by atoms with Gasteiger partial charge >= 0.3 is 0 Å². The van der Waals surface area contributed by atoms with Gasteiger partial charge in [-0.25, -0.2) is 0 Å². The summed E-state index contributed by atoms with van der Waals surface area (Å²) in [5.41, 5.74) is -0.258. The van der Waals surface area contributed by atoms with Crippen LogP contribution >= 0.6 is 11.8 Å². The molecule has 2 rings (SSSR count). The quantitative estimate of drug-likeness (QED) is 0.631. The molecule has 1 fully saturated rings. The molecule has 122 valence electrons. The summed E-state index contributed by atoms with van der Waals surface area (Å²) in [7, 11) is 0. The summed E-state index contributed by atoms with van der Waals surface area (Å²) in [6.45, 7) is 8.30. The lowest BCUT2D eigenvalue weighted by Gasteiger charge is -2.39. The van der Waals surface area contributed by atoms with Crippen LogP contribution in [0.1, 0.15) is 53.0 Å². The van der Waals surface area contributed by atoms with Crippen molar-refractivity contribution in [3.63, 3.8) is 0 Å². The Hall–Kier alpha value is -1.30. The van der Waals surface area contributed by atoms with Crippen LogP contribution in [0.3, 0.4) is 0 Å². The van der Waals surface area contributed by atoms with Crippen molar-refractivity contribution < 1.29 is 4.79 Å². The zero-order chi connectivity index (χ0) is 16.3. The highest BCUT2D eigenvalue weighted by atomic mass is 32.2. The predicted molar refractivity (Wildman–Crippen MR) is 89.2 cm³/mol. The van der Waals surface area contributed by atoms with Crippen molar-refractivity contribution in [3.8, 4) is 0 Å². The first kappa shape index (κ1) is 17.1. The van der Waals surface area contributed by atoms with Gasteiger partial charge in [-0.15, -0.1) is 0 Å². The summed E-state index contributed by atoms with van der Waals surface area (Å²) in [4.78, 5) is 30.1. The molecule has 0 aliphatic carbocycles. The molecule has 1 aliphatic heterocycles. The second-order valence-electron chi connectivity index (χ2n) is 6.27. The van der Waals surface area contributed by atoms with Crippen molar-refractivity contribution in [3.05, 3.63) is 22.6 Å². The number of likely N-dealkylation sites (tertiary alicyclic amines) is 1. The summed E-state index contributed by atoms with van der Waals surface area (Å²) in [6.07, 6.45) is 5.08. The van der Waals surface area contributed by atoms with E-state index in [0.717, 1.165) is 12.8 Å². The van der Waals surface area contributed by atoms with Crippen molar-refractivity contribution in [2.24, 2.45) is 0 Å². The molecule has 1 aromatic heterocycles. The van der Waals surface area contributed by atoms with Gasteiger partial charge in [0.05, 0.1) is 5.75 Å². The van der Waals surface area contributed by atoms with Crippen molar-refractivity contribution in [2.45, 2.75) is 70.2 Å². The van der Waals surface area contributed by atoms with Crippen molar-refractivity contribution in [2.75, 3.05) is 5.75 Å². The summed E-state index contributed by atoms with van der Waals surface area (Å²) in [5, 5.41) is 0.619. The molecule has 22 heavy (non-hydrogen) atoms. The number of hydrogen-bond acceptors (Lipinski definition) is 4. The molecule has 0 bridgehead atoms. The second kappa shape index (κ2) is 7.31. The van der Waals surface area contributed by atoms with Crippen LogP contribution in [0.5, 0.6) is 0 Å². The van der Waals surface area contributed by atoms with Gasteiger partial charge in [-0.1, -0.05) is 11.8 Å². The standard InChI is InChI=1S/C16H25N3O2S/c1-11(2)18-9-8-14(20)17-16(18)22-10-15(21)19-12(3)6-5-7-13(19)4/h8-9,11-13H,5-7,10H2,1-4H3/t12-,13-/m1/s1. The number of rotatable bonds is 4. The highest BCUT2D eigenvalue weighted by Crippen LogP contribution is 2.25. The average molecular weight is 323 g/mol. The van der Waals surface area contributed by atoms with E-state index in [4.69, 9.17) is 0 Å². The van der Waals surface area contributed by atoms with Crippen LogP contribution in [-0.4, -0.2) is 38.2 Å². The lowest BCUT2D eigenvalue weighted by molar-refractivity contribution is -0.134. The largest absolute Gasteiger partial charge is 0.337 e. The van der Waals surface area contributed by atoms with Gasteiger partial charge in [0, 0.05) is 30.4 Å². The molecular weight excluding hydrogens is 298 g/mol. The molecule has 5 nitrogen and oxygen atoms in total. The Morgan fingerprint density at radius 3 is 2.59 bits per heavy atom. The SMILES string of the molecule is CC(C)n1ccc(=O)nc1SCC(=O)N1[C@H](C)CCC[C@H]1C. The molecule has 1 saturated heterocycles. The number of carbonyl (C=O) groups excluding carboxylic acids is 1. The minimum Gasteiger partial charge on any atom is -0.337 e. The molecule has 1 aromatic rings. The van der Waals surface area contributed by atoms with E-state index in [1.807, 2.05) is 23.3 Å². The third kappa shape index (κ3) is 3.91. The van der Waals surface area contributed by atoms with Gasteiger partial charge in [0.25, 0.3) is 5.56 Å². The van der Waals surface area contributed by atoms with Gasteiger partial charge in [-0.3, -0.25) is 9.59 Å². The van der Waals surface area contributed by atoms with Crippen LogP contribution in [0.15, 0.2) is 22.2 Å². The van der Waals surface area contributed by atoms with Crippen LogP contribution in [0, 0.1) is 0 Å². The topological polar surface area (TPSA) is 55.2 Å². The molecular formula is C16H25N3O2S. The Balaban J connectivity index is 2.08. The number of hydrogen-bond donors (Lipinski definition) is 0. The molecule has 2 heterocycles. The Labute approximate surface area is 136 Å². The summed E-state index contributed by atoms with van der Waals surface area (Å²) < 4.78 is 1.93. The fourth-order valence-electron chi connectivity index (χ4n) is 3.01. The van der Waals surface area contributed by atoms with E-state index in [2.05, 4.69) is 18.8 Å². The van der Waals surface area contributed by atoms with Crippen molar-refractivity contribution >= 4 is 17.7 Å². The number of piperidine rings is 1. The molecule has 0 N–H and O–H groups in total. The molecule has 6 heteroatoms. The third-order valence-electron chi connectivity index (χ3n) is 4.17. The molecule has 0 saturated carbocycles. The summed E-state index contributed by atoms with van der Waals surface area (Å²) >= 11 is 1.36. The van der Waals surface area contributed by atoms with Crippen LogP contribution in [-0.2, 0) is 4.79 Å². The number of thioether (sulfide) groups is 1.